The van der Waals surface area contributed by atoms with Gasteiger partial charge in [-0.05, 0) is 17.7 Å². The van der Waals surface area contributed by atoms with Crippen LogP contribution in [-0.4, -0.2) is 66.6 Å². The van der Waals surface area contributed by atoms with Crippen LogP contribution in [0.1, 0.15) is 16.1 Å². The molecule has 4 rings (SSSR count). The first-order valence-electron chi connectivity index (χ1n) is 10.7. The number of methoxy groups -OCH3 is 1. The number of carbonyl (C=O) groups is 2. The van der Waals surface area contributed by atoms with Crippen LogP contribution in [0.4, 0.5) is 10.8 Å². The summed E-state index contributed by atoms with van der Waals surface area (Å²) in [5.41, 5.74) is 2.00. The number of carbonyl (C=O) groups excluding carboxylic acids is 2. The average molecular weight is 467 g/mol. The largest absolute Gasteiger partial charge is 0.495 e. The smallest absolute Gasteiger partial charge is 0.274 e. The average Bonchev–Trinajstić information content (AvgIpc) is 3.33. The predicted molar refractivity (Wildman–Crippen MR) is 127 cm³/mol. The van der Waals surface area contributed by atoms with Gasteiger partial charge in [0.15, 0.2) is 5.13 Å². The Morgan fingerprint density at radius 2 is 1.85 bits per heavy atom. The van der Waals surface area contributed by atoms with Gasteiger partial charge in [-0.15, -0.1) is 11.3 Å². The van der Waals surface area contributed by atoms with Gasteiger partial charge >= 0.3 is 0 Å². The number of para-hydroxylation sites is 2. The summed E-state index contributed by atoms with van der Waals surface area (Å²) in [6.45, 7) is 2.42. The van der Waals surface area contributed by atoms with Crippen LogP contribution >= 0.6 is 11.3 Å². The molecular formula is C24H26N4O4S. The third-order valence-electron chi connectivity index (χ3n) is 5.27. The molecule has 1 aliphatic rings. The summed E-state index contributed by atoms with van der Waals surface area (Å²) in [5.74, 6) is 0.303. The Hall–Kier alpha value is -3.43. The van der Waals surface area contributed by atoms with Crippen LogP contribution in [0.3, 0.4) is 0 Å². The van der Waals surface area contributed by atoms with E-state index in [9.17, 15) is 9.59 Å². The minimum Gasteiger partial charge on any atom is -0.495 e. The number of nitrogens with one attached hydrogen (secondary N) is 1. The summed E-state index contributed by atoms with van der Waals surface area (Å²) < 4.78 is 10.7. The van der Waals surface area contributed by atoms with Gasteiger partial charge < -0.3 is 24.6 Å². The molecule has 0 radical (unpaired) electrons. The number of hydrogen-bond acceptors (Lipinski definition) is 7. The molecular weight excluding hydrogens is 440 g/mol. The first-order chi connectivity index (χ1) is 16.1. The maximum atomic E-state index is 13.4. The van der Waals surface area contributed by atoms with Gasteiger partial charge in [-0.25, -0.2) is 4.98 Å². The molecule has 0 unspecified atom stereocenters. The van der Waals surface area contributed by atoms with Gasteiger partial charge in [0.25, 0.3) is 5.91 Å². The van der Waals surface area contributed by atoms with Gasteiger partial charge in [0.2, 0.25) is 5.91 Å². The number of nitrogens with zero attached hydrogens (tertiary/aromatic N) is 3. The molecule has 8 nitrogen and oxygen atoms in total. The van der Waals surface area contributed by atoms with Crippen molar-refractivity contribution in [2.75, 3.05) is 45.3 Å². The Bertz CT molecular complexity index is 1080. The Kier molecular flexibility index (Phi) is 7.54. The normalized spacial score (nSPS) is 13.4. The molecule has 2 heterocycles. The lowest BCUT2D eigenvalue weighted by Crippen LogP contribution is -2.47. The molecule has 0 atom stereocenters. The highest BCUT2D eigenvalue weighted by Crippen LogP contribution is 2.29. The summed E-state index contributed by atoms with van der Waals surface area (Å²) in [4.78, 5) is 34.0. The van der Waals surface area contributed by atoms with E-state index in [1.807, 2.05) is 54.6 Å². The van der Waals surface area contributed by atoms with Crippen LogP contribution in [0.15, 0.2) is 60.0 Å². The van der Waals surface area contributed by atoms with E-state index in [1.54, 1.807) is 22.3 Å². The van der Waals surface area contributed by atoms with E-state index in [0.29, 0.717) is 49.4 Å². The lowest BCUT2D eigenvalue weighted by atomic mass is 10.2. The molecule has 33 heavy (non-hydrogen) atoms. The Labute approximate surface area is 196 Å². The summed E-state index contributed by atoms with van der Waals surface area (Å²) >= 11 is 1.33. The topological polar surface area (TPSA) is 84.0 Å². The number of thiazole rings is 1. The molecule has 1 N–H and O–H groups in total. The number of rotatable bonds is 8. The summed E-state index contributed by atoms with van der Waals surface area (Å²) in [6.07, 6.45) is 0. The Morgan fingerprint density at radius 1 is 1.12 bits per heavy atom. The zero-order valence-electron chi connectivity index (χ0n) is 18.4. The minimum atomic E-state index is -0.287. The van der Waals surface area contributed by atoms with Crippen LogP contribution in [-0.2, 0) is 16.1 Å². The molecule has 0 aliphatic carbocycles. The fourth-order valence-corrected chi connectivity index (χ4v) is 4.23. The van der Waals surface area contributed by atoms with Gasteiger partial charge in [0.1, 0.15) is 18.0 Å². The number of aromatic nitrogens is 1. The third kappa shape index (κ3) is 5.88. The van der Waals surface area contributed by atoms with Crippen molar-refractivity contribution in [3.05, 3.63) is 71.2 Å². The van der Waals surface area contributed by atoms with Crippen LogP contribution in [0.25, 0.3) is 0 Å². The van der Waals surface area contributed by atoms with E-state index < -0.39 is 0 Å². The second-order valence-corrected chi connectivity index (χ2v) is 8.36. The highest BCUT2D eigenvalue weighted by molar-refractivity contribution is 7.14. The van der Waals surface area contributed by atoms with Crippen molar-refractivity contribution in [2.45, 2.75) is 6.54 Å². The number of amides is 2. The maximum Gasteiger partial charge on any atom is 0.274 e. The lowest BCUT2D eigenvalue weighted by Gasteiger charge is -2.30. The van der Waals surface area contributed by atoms with Gasteiger partial charge in [-0.3, -0.25) is 9.59 Å². The summed E-state index contributed by atoms with van der Waals surface area (Å²) in [5, 5.41) is 5.48. The van der Waals surface area contributed by atoms with Crippen LogP contribution in [0, 0.1) is 0 Å². The Morgan fingerprint density at radius 3 is 2.61 bits per heavy atom. The van der Waals surface area contributed by atoms with Crippen molar-refractivity contribution in [3.8, 4) is 5.75 Å². The van der Waals surface area contributed by atoms with E-state index in [4.69, 9.17) is 9.47 Å². The fourth-order valence-electron chi connectivity index (χ4n) is 3.53. The number of ether oxygens (including phenoxy) is 2. The second kappa shape index (κ2) is 10.9. The van der Waals surface area contributed by atoms with Crippen molar-refractivity contribution in [3.63, 3.8) is 0 Å². The second-order valence-electron chi connectivity index (χ2n) is 7.50. The zero-order valence-corrected chi connectivity index (χ0v) is 19.2. The number of morpholine rings is 1. The number of hydrogen-bond donors (Lipinski definition) is 1. The van der Waals surface area contributed by atoms with Crippen LogP contribution in [0.5, 0.6) is 5.75 Å². The van der Waals surface area contributed by atoms with Crippen molar-refractivity contribution in [1.29, 1.82) is 0 Å². The Balaban J connectivity index is 1.51. The molecule has 2 amide bonds. The van der Waals surface area contributed by atoms with Gasteiger partial charge in [0.05, 0.1) is 26.0 Å². The monoisotopic (exact) mass is 466 g/mol. The van der Waals surface area contributed by atoms with Crippen LogP contribution < -0.4 is 10.1 Å². The molecule has 1 aromatic heterocycles. The quantitative estimate of drug-likeness (QED) is 0.548. The minimum absolute atomic E-state index is 0.0134. The molecule has 0 saturated carbocycles. The fraction of sp³-hybridized carbons (Fsp3) is 0.292. The van der Waals surface area contributed by atoms with Gasteiger partial charge in [-0.2, -0.15) is 0 Å². The van der Waals surface area contributed by atoms with Crippen molar-refractivity contribution in [1.82, 2.24) is 14.8 Å². The van der Waals surface area contributed by atoms with E-state index >= 15 is 0 Å². The molecule has 1 saturated heterocycles. The van der Waals surface area contributed by atoms with E-state index in [1.165, 1.54) is 11.3 Å². The number of benzene rings is 2. The molecule has 0 bridgehead atoms. The molecule has 0 spiro atoms. The third-order valence-corrected chi connectivity index (χ3v) is 6.02. The number of anilines is 2. The van der Waals surface area contributed by atoms with Gasteiger partial charge in [0, 0.05) is 25.0 Å². The first-order valence-corrected chi connectivity index (χ1v) is 11.6. The summed E-state index contributed by atoms with van der Waals surface area (Å²) in [7, 11) is 1.60. The molecule has 9 heteroatoms. The lowest BCUT2D eigenvalue weighted by molar-refractivity contribution is -0.136. The molecule has 1 aliphatic heterocycles. The van der Waals surface area contributed by atoms with Crippen molar-refractivity contribution >= 4 is 34.0 Å². The van der Waals surface area contributed by atoms with Crippen molar-refractivity contribution < 1.29 is 19.1 Å². The standard InChI is InChI=1S/C24H26N4O4S/c1-31-21-10-6-5-9-19(21)25-24-26-20(17-33-24)23(30)28(15-18-7-3-2-4-8-18)16-22(29)27-11-13-32-14-12-27/h2-10,17H,11-16H2,1H3,(H,25,26). The maximum absolute atomic E-state index is 13.4. The van der Waals surface area contributed by atoms with E-state index in [0.717, 1.165) is 11.3 Å². The SMILES string of the molecule is COc1ccccc1Nc1nc(C(=O)N(CC(=O)N2CCOCC2)Cc2ccccc2)cs1. The highest BCUT2D eigenvalue weighted by atomic mass is 32.1. The van der Waals surface area contributed by atoms with Crippen molar-refractivity contribution in [2.24, 2.45) is 0 Å². The molecule has 2 aromatic carbocycles. The zero-order chi connectivity index (χ0) is 23.0. The molecule has 3 aromatic rings. The van der Waals surface area contributed by atoms with E-state index in [2.05, 4.69) is 10.3 Å². The van der Waals surface area contributed by atoms with E-state index in [-0.39, 0.29) is 18.4 Å². The highest BCUT2D eigenvalue weighted by Gasteiger charge is 2.25. The van der Waals surface area contributed by atoms with Gasteiger partial charge in [-0.1, -0.05) is 42.5 Å². The predicted octanol–water partition coefficient (Wildman–Crippen LogP) is 3.40. The molecule has 172 valence electrons. The van der Waals surface area contributed by atoms with Crippen LogP contribution in [0.2, 0.25) is 0 Å². The summed E-state index contributed by atoms with van der Waals surface area (Å²) in [6, 6.07) is 17.1. The molecule has 1 fully saturated rings. The first kappa shape index (κ1) is 22.8.